The molecule has 0 saturated carbocycles. The van der Waals surface area contributed by atoms with Gasteiger partial charge in [0.25, 0.3) is 0 Å². The fourth-order valence-corrected chi connectivity index (χ4v) is 2.39. The second-order valence-electron chi connectivity index (χ2n) is 6.33. The number of nitrogens with one attached hydrogen (secondary N) is 1. The molecule has 1 atom stereocenters. The van der Waals surface area contributed by atoms with Crippen LogP contribution in [-0.2, 0) is 9.59 Å². The number of amides is 2. The smallest absolute Gasteiger partial charge is 0.225 e. The average Bonchev–Trinajstić information content (AvgIpc) is 2.83. The number of nitrogens with zero attached hydrogens (tertiary/aromatic N) is 2. The monoisotopic (exact) mass is 298 g/mol. The van der Waals surface area contributed by atoms with Crippen molar-refractivity contribution >= 4 is 11.8 Å². The van der Waals surface area contributed by atoms with Crippen molar-refractivity contribution in [1.82, 2.24) is 15.1 Å². The van der Waals surface area contributed by atoms with Crippen LogP contribution < -0.4 is 11.1 Å². The molecule has 0 bridgehead atoms. The summed E-state index contributed by atoms with van der Waals surface area (Å²) in [4.78, 5) is 27.9. The predicted octanol–water partition coefficient (Wildman–Crippen LogP) is 0.0302. The van der Waals surface area contributed by atoms with Crippen LogP contribution in [0.3, 0.4) is 0 Å². The van der Waals surface area contributed by atoms with Gasteiger partial charge in [0.2, 0.25) is 11.8 Å². The molecular weight excluding hydrogens is 268 g/mol. The van der Waals surface area contributed by atoms with Gasteiger partial charge in [0.05, 0.1) is 5.92 Å². The maximum Gasteiger partial charge on any atom is 0.225 e. The first-order valence-corrected chi connectivity index (χ1v) is 7.80. The number of hydrogen-bond acceptors (Lipinski definition) is 4. The van der Waals surface area contributed by atoms with E-state index in [0.29, 0.717) is 26.1 Å². The van der Waals surface area contributed by atoms with Gasteiger partial charge in [0.1, 0.15) is 0 Å². The zero-order chi connectivity index (χ0) is 16.0. The molecule has 1 aliphatic rings. The minimum atomic E-state index is -0.344. The zero-order valence-corrected chi connectivity index (χ0v) is 13.8. The lowest BCUT2D eigenvalue weighted by atomic mass is 9.94. The normalized spacial score (nSPS) is 19.4. The van der Waals surface area contributed by atoms with Gasteiger partial charge in [-0.3, -0.25) is 9.59 Å². The van der Waals surface area contributed by atoms with E-state index in [2.05, 4.69) is 5.32 Å². The van der Waals surface area contributed by atoms with E-state index in [9.17, 15) is 9.59 Å². The minimum Gasteiger partial charge on any atom is -0.354 e. The molecule has 21 heavy (non-hydrogen) atoms. The van der Waals surface area contributed by atoms with Crippen molar-refractivity contribution < 1.29 is 9.59 Å². The fourth-order valence-electron chi connectivity index (χ4n) is 2.39. The molecule has 1 fully saturated rings. The second-order valence-corrected chi connectivity index (χ2v) is 6.33. The molecular formula is C15H30N4O2. The van der Waals surface area contributed by atoms with Crippen LogP contribution >= 0.6 is 0 Å². The molecule has 0 aromatic heterocycles. The van der Waals surface area contributed by atoms with Gasteiger partial charge in [-0.1, -0.05) is 13.8 Å². The molecule has 1 rings (SSSR count). The highest BCUT2D eigenvalue weighted by molar-refractivity contribution is 5.89. The van der Waals surface area contributed by atoms with Crippen molar-refractivity contribution in [2.24, 2.45) is 11.7 Å². The van der Waals surface area contributed by atoms with Gasteiger partial charge in [-0.15, -0.1) is 0 Å². The summed E-state index contributed by atoms with van der Waals surface area (Å²) in [7, 11) is 3.95. The van der Waals surface area contributed by atoms with E-state index in [1.807, 2.05) is 32.8 Å². The SMILES string of the molecule is CCC(N)(CC)CNC(=O)C1CC(=O)N(CCN(C)C)C1. The van der Waals surface area contributed by atoms with Crippen molar-refractivity contribution in [3.05, 3.63) is 0 Å². The van der Waals surface area contributed by atoms with Gasteiger partial charge in [-0.05, 0) is 26.9 Å². The first-order chi connectivity index (χ1) is 9.81. The maximum absolute atomic E-state index is 12.2. The minimum absolute atomic E-state index is 0.0487. The van der Waals surface area contributed by atoms with Gasteiger partial charge in [0.15, 0.2) is 0 Å². The number of carbonyl (C=O) groups is 2. The maximum atomic E-state index is 12.2. The number of hydrogen-bond donors (Lipinski definition) is 2. The summed E-state index contributed by atoms with van der Waals surface area (Å²) in [6.07, 6.45) is 1.96. The highest BCUT2D eigenvalue weighted by atomic mass is 16.2. The molecule has 0 spiro atoms. The quantitative estimate of drug-likeness (QED) is 0.663. The molecule has 1 aliphatic heterocycles. The molecule has 6 heteroatoms. The molecule has 6 nitrogen and oxygen atoms in total. The third kappa shape index (κ3) is 5.28. The van der Waals surface area contributed by atoms with Gasteiger partial charge in [0, 0.05) is 38.1 Å². The molecule has 0 radical (unpaired) electrons. The van der Waals surface area contributed by atoms with E-state index in [4.69, 9.17) is 5.73 Å². The Balaban J connectivity index is 2.44. The molecule has 1 unspecified atom stereocenters. The number of likely N-dealkylation sites (N-methyl/N-ethyl adjacent to an activating group) is 1. The Hall–Kier alpha value is -1.14. The Kier molecular flexibility index (Phi) is 6.61. The van der Waals surface area contributed by atoms with E-state index >= 15 is 0 Å². The van der Waals surface area contributed by atoms with Crippen LogP contribution in [0.5, 0.6) is 0 Å². The summed E-state index contributed by atoms with van der Waals surface area (Å²) in [5.41, 5.74) is 5.84. The van der Waals surface area contributed by atoms with Crippen LogP contribution in [-0.4, -0.2) is 67.4 Å². The van der Waals surface area contributed by atoms with Crippen molar-refractivity contribution in [2.45, 2.75) is 38.6 Å². The summed E-state index contributed by atoms with van der Waals surface area (Å²) in [6.45, 7) is 6.54. The van der Waals surface area contributed by atoms with Gasteiger partial charge < -0.3 is 20.9 Å². The third-order valence-electron chi connectivity index (χ3n) is 4.43. The molecule has 0 aromatic rings. The van der Waals surface area contributed by atoms with E-state index in [1.54, 1.807) is 4.90 Å². The van der Waals surface area contributed by atoms with Crippen molar-refractivity contribution in [3.63, 3.8) is 0 Å². The Morgan fingerprint density at radius 1 is 1.43 bits per heavy atom. The topological polar surface area (TPSA) is 78.7 Å². The second kappa shape index (κ2) is 7.75. The highest BCUT2D eigenvalue weighted by Gasteiger charge is 2.34. The van der Waals surface area contributed by atoms with E-state index in [0.717, 1.165) is 19.4 Å². The summed E-state index contributed by atoms with van der Waals surface area (Å²) < 4.78 is 0. The number of likely N-dealkylation sites (tertiary alicyclic amines) is 1. The Morgan fingerprint density at radius 2 is 2.05 bits per heavy atom. The standard InChI is InChI=1S/C15H30N4O2/c1-5-15(16,6-2)11-17-14(21)12-9-13(20)19(10-12)8-7-18(3)4/h12H,5-11,16H2,1-4H3,(H,17,21). The van der Waals surface area contributed by atoms with E-state index in [1.165, 1.54) is 0 Å². The van der Waals surface area contributed by atoms with Crippen molar-refractivity contribution in [3.8, 4) is 0 Å². The first kappa shape index (κ1) is 17.9. The summed E-state index contributed by atoms with van der Waals surface area (Å²) in [5, 5.41) is 2.92. The molecule has 122 valence electrons. The van der Waals surface area contributed by atoms with Gasteiger partial charge >= 0.3 is 0 Å². The van der Waals surface area contributed by atoms with Crippen LogP contribution in [0.25, 0.3) is 0 Å². The van der Waals surface area contributed by atoms with E-state index in [-0.39, 0.29) is 23.3 Å². The van der Waals surface area contributed by atoms with Crippen LogP contribution in [0.4, 0.5) is 0 Å². The molecule has 3 N–H and O–H groups in total. The average molecular weight is 298 g/mol. The van der Waals surface area contributed by atoms with Gasteiger partial charge in [-0.2, -0.15) is 0 Å². The summed E-state index contributed by atoms with van der Waals surface area (Å²) in [6, 6.07) is 0. The Morgan fingerprint density at radius 3 is 2.57 bits per heavy atom. The predicted molar refractivity (Wildman–Crippen MR) is 83.8 cm³/mol. The Labute approximate surface area is 128 Å². The molecule has 0 aromatic carbocycles. The highest BCUT2D eigenvalue weighted by Crippen LogP contribution is 2.18. The molecule has 0 aliphatic carbocycles. The fraction of sp³-hybridized carbons (Fsp3) is 0.867. The Bertz CT molecular complexity index is 367. The lowest BCUT2D eigenvalue weighted by Crippen LogP contribution is -2.50. The van der Waals surface area contributed by atoms with E-state index < -0.39 is 0 Å². The lowest BCUT2D eigenvalue weighted by Gasteiger charge is -2.27. The van der Waals surface area contributed by atoms with Crippen LogP contribution in [0, 0.1) is 5.92 Å². The van der Waals surface area contributed by atoms with Crippen LogP contribution in [0.2, 0.25) is 0 Å². The summed E-state index contributed by atoms with van der Waals surface area (Å²) >= 11 is 0. The molecule has 1 saturated heterocycles. The number of carbonyl (C=O) groups excluding carboxylic acids is 2. The molecule has 1 heterocycles. The summed E-state index contributed by atoms with van der Waals surface area (Å²) in [5.74, 6) is -0.216. The molecule has 2 amide bonds. The van der Waals surface area contributed by atoms with Gasteiger partial charge in [-0.25, -0.2) is 0 Å². The largest absolute Gasteiger partial charge is 0.354 e. The zero-order valence-electron chi connectivity index (χ0n) is 13.8. The van der Waals surface area contributed by atoms with Crippen LogP contribution in [0.1, 0.15) is 33.1 Å². The van der Waals surface area contributed by atoms with Crippen LogP contribution in [0.15, 0.2) is 0 Å². The third-order valence-corrected chi connectivity index (χ3v) is 4.43. The first-order valence-electron chi connectivity index (χ1n) is 7.80. The lowest BCUT2D eigenvalue weighted by molar-refractivity contribution is -0.129. The van der Waals surface area contributed by atoms with Crippen molar-refractivity contribution in [1.29, 1.82) is 0 Å². The van der Waals surface area contributed by atoms with Crippen molar-refractivity contribution in [2.75, 3.05) is 40.3 Å². The number of nitrogens with two attached hydrogens (primary N) is 1. The number of rotatable bonds is 8.